The molecule has 1 aromatic carbocycles. The second kappa shape index (κ2) is 7.32. The summed E-state index contributed by atoms with van der Waals surface area (Å²) in [6.07, 6.45) is 4.41. The summed E-state index contributed by atoms with van der Waals surface area (Å²) in [5.74, 6) is -0.797. The smallest absolute Gasteiger partial charge is 0.261 e. The van der Waals surface area contributed by atoms with Gasteiger partial charge in [0, 0.05) is 13.1 Å². The fraction of sp³-hybridized carbons (Fsp3) is 0.471. The lowest BCUT2D eigenvalue weighted by Crippen LogP contribution is -2.56. The van der Waals surface area contributed by atoms with Crippen LogP contribution in [0.3, 0.4) is 0 Å². The molecule has 0 unspecified atom stereocenters. The van der Waals surface area contributed by atoms with Gasteiger partial charge in [-0.3, -0.25) is 19.3 Å². The van der Waals surface area contributed by atoms with E-state index < -0.39 is 5.54 Å². The van der Waals surface area contributed by atoms with Gasteiger partial charge in [0.1, 0.15) is 0 Å². The number of benzene rings is 1. The normalized spacial score (nSPS) is 18.8. The van der Waals surface area contributed by atoms with Gasteiger partial charge in [-0.15, -0.1) is 12.4 Å². The second-order valence-corrected chi connectivity index (χ2v) is 6.28. The molecule has 0 radical (unpaired) electrons. The first-order chi connectivity index (χ1) is 11.0. The molecule has 0 spiro atoms. The highest BCUT2D eigenvalue weighted by molar-refractivity contribution is 6.21. The monoisotopic (exact) mass is 351 g/mol. The van der Waals surface area contributed by atoms with Crippen LogP contribution in [0.15, 0.2) is 24.3 Å². The van der Waals surface area contributed by atoms with Gasteiger partial charge in [-0.05, 0) is 25.0 Å². The molecule has 1 aromatic rings. The predicted octanol–water partition coefficient (Wildman–Crippen LogP) is 1.48. The minimum absolute atomic E-state index is 0. The second-order valence-electron chi connectivity index (χ2n) is 6.28. The van der Waals surface area contributed by atoms with Gasteiger partial charge >= 0.3 is 0 Å². The quantitative estimate of drug-likeness (QED) is 0.804. The summed E-state index contributed by atoms with van der Waals surface area (Å²) < 4.78 is 0. The number of hydrogen-bond donors (Lipinski definition) is 2. The van der Waals surface area contributed by atoms with Crippen LogP contribution in [0.1, 0.15) is 52.8 Å². The van der Waals surface area contributed by atoms with Crippen LogP contribution in [0, 0.1) is 0 Å². The lowest BCUT2D eigenvalue weighted by atomic mass is 9.82. The van der Waals surface area contributed by atoms with E-state index in [0.29, 0.717) is 24.0 Å². The molecule has 3 N–H and O–H groups in total. The average Bonchev–Trinajstić information content (AvgIpc) is 2.81. The number of rotatable bonds is 4. The summed E-state index contributed by atoms with van der Waals surface area (Å²) in [4.78, 5) is 37.9. The molecule has 1 aliphatic heterocycles. The number of imide groups is 1. The Labute approximate surface area is 147 Å². The first-order valence-electron chi connectivity index (χ1n) is 8.05. The van der Waals surface area contributed by atoms with E-state index in [9.17, 15) is 14.4 Å². The van der Waals surface area contributed by atoms with Gasteiger partial charge in [-0.25, -0.2) is 0 Å². The summed E-state index contributed by atoms with van der Waals surface area (Å²) in [7, 11) is 0. The topological polar surface area (TPSA) is 92.5 Å². The summed E-state index contributed by atoms with van der Waals surface area (Å²) in [6, 6.07) is 6.75. The van der Waals surface area contributed by atoms with Crippen molar-refractivity contribution in [2.24, 2.45) is 5.73 Å². The third-order valence-electron chi connectivity index (χ3n) is 4.70. The molecule has 0 bridgehead atoms. The Morgan fingerprint density at radius 3 is 2.17 bits per heavy atom. The van der Waals surface area contributed by atoms with Crippen LogP contribution in [0.5, 0.6) is 0 Å². The van der Waals surface area contributed by atoms with E-state index in [4.69, 9.17) is 5.73 Å². The molecule has 7 heteroatoms. The maximum absolute atomic E-state index is 12.3. The van der Waals surface area contributed by atoms with Gasteiger partial charge < -0.3 is 11.1 Å². The molecule has 1 heterocycles. The lowest BCUT2D eigenvalue weighted by Gasteiger charge is -2.32. The maximum atomic E-state index is 12.3. The van der Waals surface area contributed by atoms with Crippen molar-refractivity contribution in [1.29, 1.82) is 0 Å². The summed E-state index contributed by atoms with van der Waals surface area (Å²) in [5.41, 5.74) is 6.20. The third kappa shape index (κ3) is 3.30. The molecule has 0 saturated heterocycles. The van der Waals surface area contributed by atoms with E-state index in [1.807, 2.05) is 0 Å². The number of nitrogens with two attached hydrogens (primary N) is 1. The Bertz CT molecular complexity index is 621. The Morgan fingerprint density at radius 1 is 1.08 bits per heavy atom. The molecule has 1 fully saturated rings. The first kappa shape index (κ1) is 18.4. The van der Waals surface area contributed by atoms with Gasteiger partial charge in [0.25, 0.3) is 11.8 Å². The third-order valence-corrected chi connectivity index (χ3v) is 4.70. The van der Waals surface area contributed by atoms with E-state index in [0.717, 1.165) is 19.3 Å². The Kier molecular flexibility index (Phi) is 5.62. The number of nitrogens with zero attached hydrogens (tertiary/aromatic N) is 1. The molecule has 1 aliphatic carbocycles. The zero-order valence-electron chi connectivity index (χ0n) is 13.4. The van der Waals surface area contributed by atoms with E-state index in [-0.39, 0.29) is 43.2 Å². The molecule has 2 aliphatic rings. The fourth-order valence-electron chi connectivity index (χ4n) is 3.31. The molecule has 1 saturated carbocycles. The zero-order chi connectivity index (χ0) is 16.4. The maximum Gasteiger partial charge on any atom is 0.261 e. The van der Waals surface area contributed by atoms with Crippen LogP contribution in [0.25, 0.3) is 0 Å². The predicted molar refractivity (Wildman–Crippen MR) is 92.1 cm³/mol. The van der Waals surface area contributed by atoms with Crippen molar-refractivity contribution in [3.8, 4) is 0 Å². The number of amides is 3. The molecule has 0 atom stereocenters. The van der Waals surface area contributed by atoms with Crippen molar-refractivity contribution in [2.45, 2.75) is 37.6 Å². The Balaban J connectivity index is 0.00000208. The highest BCUT2D eigenvalue weighted by atomic mass is 35.5. The highest BCUT2D eigenvalue weighted by Gasteiger charge is 2.37. The number of hydrogen-bond acceptors (Lipinski definition) is 4. The first-order valence-corrected chi connectivity index (χ1v) is 8.05. The molecule has 6 nitrogen and oxygen atoms in total. The van der Waals surface area contributed by atoms with Crippen LogP contribution in [-0.4, -0.2) is 41.2 Å². The van der Waals surface area contributed by atoms with Crippen LogP contribution in [0.4, 0.5) is 0 Å². The van der Waals surface area contributed by atoms with Crippen LogP contribution >= 0.6 is 12.4 Å². The molecule has 3 amide bonds. The lowest BCUT2D eigenvalue weighted by molar-refractivity contribution is -0.127. The number of carbonyl (C=O) groups is 3. The number of halogens is 1. The van der Waals surface area contributed by atoms with E-state index >= 15 is 0 Å². The van der Waals surface area contributed by atoms with E-state index in [1.165, 1.54) is 4.90 Å². The van der Waals surface area contributed by atoms with Gasteiger partial charge in [0.05, 0.1) is 16.7 Å². The van der Waals surface area contributed by atoms with Crippen molar-refractivity contribution in [1.82, 2.24) is 10.2 Å². The number of nitrogens with one attached hydrogen (secondary N) is 1. The zero-order valence-corrected chi connectivity index (χ0v) is 14.2. The Hall–Kier alpha value is -1.92. The van der Waals surface area contributed by atoms with Crippen LogP contribution in [0.2, 0.25) is 0 Å². The summed E-state index contributed by atoms with van der Waals surface area (Å²) >= 11 is 0. The SMILES string of the molecule is Cl.NC1(C(=O)NCCN2C(=O)c3ccccc3C2=O)CCCCC1. The molecular formula is C17H22ClN3O3. The average molecular weight is 352 g/mol. The fourth-order valence-corrected chi connectivity index (χ4v) is 3.31. The van der Waals surface area contributed by atoms with E-state index in [2.05, 4.69) is 5.32 Å². The van der Waals surface area contributed by atoms with Gasteiger partial charge in [0.2, 0.25) is 5.91 Å². The summed E-state index contributed by atoms with van der Waals surface area (Å²) in [5, 5.41) is 2.78. The minimum atomic E-state index is -0.805. The Morgan fingerprint density at radius 2 is 1.62 bits per heavy atom. The van der Waals surface area contributed by atoms with Gasteiger partial charge in [0.15, 0.2) is 0 Å². The molecule has 130 valence electrons. The van der Waals surface area contributed by atoms with Crippen molar-refractivity contribution in [2.75, 3.05) is 13.1 Å². The van der Waals surface area contributed by atoms with Crippen molar-refractivity contribution in [3.63, 3.8) is 0 Å². The molecule has 3 rings (SSSR count). The van der Waals surface area contributed by atoms with Crippen molar-refractivity contribution >= 4 is 30.1 Å². The van der Waals surface area contributed by atoms with Gasteiger partial charge in [-0.1, -0.05) is 31.4 Å². The molecule has 0 aromatic heterocycles. The van der Waals surface area contributed by atoms with Crippen LogP contribution < -0.4 is 11.1 Å². The highest BCUT2D eigenvalue weighted by Crippen LogP contribution is 2.26. The minimum Gasteiger partial charge on any atom is -0.353 e. The molecule has 24 heavy (non-hydrogen) atoms. The van der Waals surface area contributed by atoms with Crippen molar-refractivity contribution in [3.05, 3.63) is 35.4 Å². The molecular weight excluding hydrogens is 330 g/mol. The van der Waals surface area contributed by atoms with E-state index in [1.54, 1.807) is 24.3 Å². The van der Waals surface area contributed by atoms with Gasteiger partial charge in [-0.2, -0.15) is 0 Å². The number of fused-ring (bicyclic) bond motifs is 1. The summed E-state index contributed by atoms with van der Waals surface area (Å²) in [6.45, 7) is 0.386. The number of carbonyl (C=O) groups excluding carboxylic acids is 3. The standard InChI is InChI=1S/C17H21N3O3.ClH/c18-17(8-4-1-5-9-17)16(23)19-10-11-20-14(21)12-6-2-3-7-13(12)15(20)22;/h2-3,6-7H,1,4-5,8-11,18H2,(H,19,23);1H. The largest absolute Gasteiger partial charge is 0.353 e. The van der Waals surface area contributed by atoms with Crippen molar-refractivity contribution < 1.29 is 14.4 Å². The van der Waals surface area contributed by atoms with Crippen LogP contribution in [-0.2, 0) is 4.79 Å².